The molecule has 3 aromatic carbocycles. The summed E-state index contributed by atoms with van der Waals surface area (Å²) >= 11 is 0. The molecule has 0 radical (unpaired) electrons. The Bertz CT molecular complexity index is 1130. The highest BCUT2D eigenvalue weighted by Crippen LogP contribution is 2.37. The van der Waals surface area contributed by atoms with Gasteiger partial charge in [-0.3, -0.25) is 0 Å². The van der Waals surface area contributed by atoms with E-state index in [-0.39, 0.29) is 11.5 Å². The Hall–Kier alpha value is -3.79. The first kappa shape index (κ1) is 19.5. The van der Waals surface area contributed by atoms with Gasteiger partial charge in [-0.15, -0.1) is 0 Å². The third kappa shape index (κ3) is 4.28. The Morgan fingerprint density at radius 3 is 2.17 bits per heavy atom. The van der Waals surface area contributed by atoms with Gasteiger partial charge in [0, 0.05) is 30.3 Å². The average Bonchev–Trinajstić information content (AvgIpc) is 2.79. The van der Waals surface area contributed by atoms with Crippen LogP contribution in [0.15, 0.2) is 91.0 Å². The normalized spacial score (nSPS) is 10.7. The zero-order chi connectivity index (χ0) is 20.9. The van der Waals surface area contributed by atoms with Gasteiger partial charge in [0.15, 0.2) is 0 Å². The third-order valence-corrected chi connectivity index (χ3v) is 5.19. The number of rotatable bonds is 6. The number of pyridine rings is 1. The molecule has 2 N–H and O–H groups in total. The maximum absolute atomic E-state index is 10.4. The molecule has 0 aliphatic heterocycles. The second-order valence-electron chi connectivity index (χ2n) is 7.29. The van der Waals surface area contributed by atoms with Crippen LogP contribution in [0, 0.1) is 0 Å². The first-order valence-corrected chi connectivity index (χ1v) is 9.96. The fraction of sp³-hybridized carbons (Fsp3) is 0.115. The van der Waals surface area contributed by atoms with E-state index < -0.39 is 0 Å². The number of likely N-dealkylation sites (N-methyl/N-ethyl adjacent to an activating group) is 1. The molecule has 0 amide bonds. The van der Waals surface area contributed by atoms with E-state index in [1.165, 1.54) is 5.56 Å². The third-order valence-electron chi connectivity index (χ3n) is 5.19. The van der Waals surface area contributed by atoms with Crippen molar-refractivity contribution in [3.05, 3.63) is 96.6 Å². The van der Waals surface area contributed by atoms with Crippen molar-refractivity contribution in [1.29, 1.82) is 0 Å². The lowest BCUT2D eigenvalue weighted by Gasteiger charge is -2.21. The van der Waals surface area contributed by atoms with Crippen LogP contribution in [0.4, 0.5) is 5.82 Å². The molecular formula is C26H24N2O2. The number of aromatic nitrogens is 1. The number of phenolic OH excluding ortho intramolecular Hbond substituents is 2. The summed E-state index contributed by atoms with van der Waals surface area (Å²) in [5, 5.41) is 20.1. The molecule has 1 aromatic heterocycles. The molecule has 0 saturated heterocycles. The zero-order valence-corrected chi connectivity index (χ0v) is 16.9. The molecule has 0 aliphatic rings. The van der Waals surface area contributed by atoms with Crippen molar-refractivity contribution in [1.82, 2.24) is 4.98 Å². The highest BCUT2D eigenvalue weighted by molar-refractivity contribution is 5.84. The van der Waals surface area contributed by atoms with Gasteiger partial charge in [0.2, 0.25) is 0 Å². The topological polar surface area (TPSA) is 56.6 Å². The maximum Gasteiger partial charge on any atom is 0.129 e. The van der Waals surface area contributed by atoms with Gasteiger partial charge in [-0.1, -0.05) is 48.5 Å². The number of aromatic hydroxyl groups is 2. The van der Waals surface area contributed by atoms with E-state index in [4.69, 9.17) is 4.98 Å². The lowest BCUT2D eigenvalue weighted by molar-refractivity contribution is 0.475. The average molecular weight is 396 g/mol. The van der Waals surface area contributed by atoms with Crippen LogP contribution in [-0.4, -0.2) is 28.8 Å². The van der Waals surface area contributed by atoms with E-state index in [0.717, 1.165) is 41.2 Å². The highest BCUT2D eigenvalue weighted by atomic mass is 16.3. The van der Waals surface area contributed by atoms with Crippen LogP contribution >= 0.6 is 0 Å². The van der Waals surface area contributed by atoms with Crippen molar-refractivity contribution in [2.24, 2.45) is 0 Å². The maximum atomic E-state index is 10.4. The van der Waals surface area contributed by atoms with E-state index in [9.17, 15) is 10.2 Å². The molecule has 0 aliphatic carbocycles. The first-order chi connectivity index (χ1) is 14.6. The number of anilines is 1. The van der Waals surface area contributed by atoms with Crippen LogP contribution < -0.4 is 4.90 Å². The summed E-state index contributed by atoms with van der Waals surface area (Å²) in [6.45, 7) is 0.835. The molecule has 150 valence electrons. The molecule has 0 atom stereocenters. The Labute approximate surface area is 176 Å². The Kier molecular flexibility index (Phi) is 5.66. The molecule has 0 bridgehead atoms. The minimum atomic E-state index is 0.207. The van der Waals surface area contributed by atoms with Gasteiger partial charge in [0.05, 0.1) is 5.69 Å². The molecule has 4 aromatic rings. The zero-order valence-electron chi connectivity index (χ0n) is 16.9. The number of hydrogen-bond acceptors (Lipinski definition) is 4. The van der Waals surface area contributed by atoms with Crippen molar-refractivity contribution < 1.29 is 10.2 Å². The van der Waals surface area contributed by atoms with Crippen molar-refractivity contribution in [3.63, 3.8) is 0 Å². The number of phenols is 2. The van der Waals surface area contributed by atoms with Crippen molar-refractivity contribution in [2.45, 2.75) is 6.42 Å². The van der Waals surface area contributed by atoms with Crippen molar-refractivity contribution >= 4 is 5.82 Å². The second-order valence-corrected chi connectivity index (χ2v) is 7.29. The minimum Gasteiger partial charge on any atom is -0.508 e. The lowest BCUT2D eigenvalue weighted by atomic mass is 9.98. The molecule has 0 saturated carbocycles. The molecule has 4 heteroatoms. The second kappa shape index (κ2) is 8.70. The van der Waals surface area contributed by atoms with Gasteiger partial charge >= 0.3 is 0 Å². The fourth-order valence-electron chi connectivity index (χ4n) is 3.48. The van der Waals surface area contributed by atoms with Gasteiger partial charge in [-0.25, -0.2) is 4.98 Å². The molecule has 4 nitrogen and oxygen atoms in total. The quantitative estimate of drug-likeness (QED) is 0.451. The van der Waals surface area contributed by atoms with Gasteiger partial charge in [-0.2, -0.15) is 0 Å². The molecular weight excluding hydrogens is 372 g/mol. The summed E-state index contributed by atoms with van der Waals surface area (Å²) < 4.78 is 0. The van der Waals surface area contributed by atoms with Crippen LogP contribution in [0.5, 0.6) is 11.5 Å². The van der Waals surface area contributed by atoms with Crippen molar-refractivity contribution in [2.75, 3.05) is 18.5 Å². The SMILES string of the molecule is CN(CCc1ccccc1)c1ccc(-c2ccccc2O)c(-c2ccc(O)cc2)n1. The summed E-state index contributed by atoms with van der Waals surface area (Å²) in [5.41, 5.74) is 4.50. The number of nitrogens with zero attached hydrogens (tertiary/aromatic N) is 2. The van der Waals surface area contributed by atoms with E-state index in [1.54, 1.807) is 24.3 Å². The van der Waals surface area contributed by atoms with E-state index in [0.29, 0.717) is 0 Å². The highest BCUT2D eigenvalue weighted by Gasteiger charge is 2.15. The number of benzene rings is 3. The van der Waals surface area contributed by atoms with Crippen LogP contribution in [0.3, 0.4) is 0 Å². The Balaban J connectivity index is 1.70. The van der Waals surface area contributed by atoms with Crippen LogP contribution in [-0.2, 0) is 6.42 Å². The number of para-hydroxylation sites is 1. The van der Waals surface area contributed by atoms with E-state index in [2.05, 4.69) is 29.2 Å². The minimum absolute atomic E-state index is 0.207. The van der Waals surface area contributed by atoms with Crippen molar-refractivity contribution in [3.8, 4) is 33.9 Å². The Morgan fingerprint density at radius 1 is 0.733 bits per heavy atom. The summed E-state index contributed by atoms with van der Waals surface area (Å²) in [6.07, 6.45) is 0.925. The summed E-state index contributed by atoms with van der Waals surface area (Å²) in [4.78, 5) is 7.07. The standard InChI is InChI=1S/C26H24N2O2/c1-28(18-17-19-7-3-2-4-8-19)25-16-15-23(22-9-5-6-10-24(22)30)26(27-25)20-11-13-21(29)14-12-20/h2-16,29-30H,17-18H2,1H3. The monoisotopic (exact) mass is 396 g/mol. The summed E-state index contributed by atoms with van der Waals surface area (Å²) in [7, 11) is 2.03. The molecule has 30 heavy (non-hydrogen) atoms. The van der Waals surface area contributed by atoms with E-state index >= 15 is 0 Å². The largest absolute Gasteiger partial charge is 0.508 e. The van der Waals surface area contributed by atoms with Gasteiger partial charge < -0.3 is 15.1 Å². The van der Waals surface area contributed by atoms with Gasteiger partial charge in [-0.05, 0) is 54.4 Å². The Morgan fingerprint density at radius 2 is 1.43 bits per heavy atom. The summed E-state index contributed by atoms with van der Waals surface area (Å²) in [6, 6.07) is 28.6. The molecule has 0 unspecified atom stereocenters. The van der Waals surface area contributed by atoms with Crippen LogP contribution in [0.25, 0.3) is 22.4 Å². The van der Waals surface area contributed by atoms with E-state index in [1.807, 2.05) is 49.5 Å². The van der Waals surface area contributed by atoms with Gasteiger partial charge in [0.25, 0.3) is 0 Å². The summed E-state index contributed by atoms with van der Waals surface area (Å²) in [5.74, 6) is 1.27. The predicted octanol–water partition coefficient (Wildman–Crippen LogP) is 5.51. The molecule has 0 spiro atoms. The van der Waals surface area contributed by atoms with Gasteiger partial charge in [0.1, 0.15) is 17.3 Å². The molecule has 4 rings (SSSR count). The predicted molar refractivity (Wildman–Crippen MR) is 122 cm³/mol. The lowest BCUT2D eigenvalue weighted by Crippen LogP contribution is -2.21. The smallest absolute Gasteiger partial charge is 0.129 e. The molecule has 1 heterocycles. The first-order valence-electron chi connectivity index (χ1n) is 9.96. The number of hydrogen-bond donors (Lipinski definition) is 2. The fourth-order valence-corrected chi connectivity index (χ4v) is 3.48. The molecule has 0 fully saturated rings. The van der Waals surface area contributed by atoms with Crippen LogP contribution in [0.1, 0.15) is 5.56 Å². The van der Waals surface area contributed by atoms with Crippen LogP contribution in [0.2, 0.25) is 0 Å².